The molecule has 16 heavy (non-hydrogen) atoms. The molecule has 0 bridgehead atoms. The molecule has 1 rings (SSSR count). The molecule has 1 aliphatic rings. The van der Waals surface area contributed by atoms with Gasteiger partial charge in [-0.3, -0.25) is 4.79 Å². The zero-order valence-electron chi connectivity index (χ0n) is 10.1. The van der Waals surface area contributed by atoms with Crippen LogP contribution in [0.1, 0.15) is 26.7 Å². The summed E-state index contributed by atoms with van der Waals surface area (Å²) in [5, 5.41) is 3.06. The molecule has 1 heterocycles. The van der Waals surface area contributed by atoms with Crippen molar-refractivity contribution in [3.63, 3.8) is 0 Å². The van der Waals surface area contributed by atoms with E-state index in [1.54, 1.807) is 0 Å². The zero-order chi connectivity index (χ0) is 12.0. The molecule has 0 saturated carbocycles. The Morgan fingerprint density at radius 3 is 2.88 bits per heavy atom. The van der Waals surface area contributed by atoms with Crippen molar-refractivity contribution >= 4 is 5.91 Å². The largest absolute Gasteiger partial charge is 0.377 e. The van der Waals surface area contributed by atoms with Crippen LogP contribution < -0.4 is 11.1 Å². The van der Waals surface area contributed by atoms with Gasteiger partial charge in [0.2, 0.25) is 5.91 Å². The highest BCUT2D eigenvalue weighted by Crippen LogP contribution is 2.11. The number of rotatable bonds is 7. The minimum absolute atomic E-state index is 0.188. The lowest BCUT2D eigenvalue weighted by Crippen LogP contribution is -2.47. The molecule has 5 heteroatoms. The van der Waals surface area contributed by atoms with E-state index in [4.69, 9.17) is 15.2 Å². The standard InChI is InChI=1S/C11H22N2O3/c1-8(2)13-10(11(12)14)7-15-6-9-4-3-5-16-9/h8-10,13H,3-7H2,1-2H3,(H2,12,14). The third-order valence-electron chi connectivity index (χ3n) is 2.49. The molecule has 3 N–H and O–H groups in total. The summed E-state index contributed by atoms with van der Waals surface area (Å²) in [6.45, 7) is 5.61. The summed E-state index contributed by atoms with van der Waals surface area (Å²) in [5.74, 6) is -0.374. The summed E-state index contributed by atoms with van der Waals surface area (Å²) in [4.78, 5) is 11.1. The molecule has 0 aromatic carbocycles. The van der Waals surface area contributed by atoms with Gasteiger partial charge in [-0.1, -0.05) is 13.8 Å². The van der Waals surface area contributed by atoms with Crippen LogP contribution in [0.5, 0.6) is 0 Å². The van der Waals surface area contributed by atoms with Gasteiger partial charge in [-0.15, -0.1) is 0 Å². The number of carbonyl (C=O) groups is 1. The summed E-state index contributed by atoms with van der Waals surface area (Å²) in [5.41, 5.74) is 5.27. The van der Waals surface area contributed by atoms with Crippen LogP contribution in [0.15, 0.2) is 0 Å². The molecule has 0 aromatic heterocycles. The first-order valence-electron chi connectivity index (χ1n) is 5.84. The van der Waals surface area contributed by atoms with E-state index in [9.17, 15) is 4.79 Å². The van der Waals surface area contributed by atoms with Crippen molar-refractivity contribution in [1.82, 2.24) is 5.32 Å². The molecular formula is C11H22N2O3. The Bertz CT molecular complexity index is 215. The van der Waals surface area contributed by atoms with Gasteiger partial charge in [-0.25, -0.2) is 0 Å². The molecule has 1 aliphatic heterocycles. The highest BCUT2D eigenvalue weighted by atomic mass is 16.5. The van der Waals surface area contributed by atoms with Crippen molar-refractivity contribution in [2.24, 2.45) is 5.73 Å². The lowest BCUT2D eigenvalue weighted by Gasteiger charge is -2.19. The van der Waals surface area contributed by atoms with Gasteiger partial charge in [0.05, 0.1) is 19.3 Å². The van der Waals surface area contributed by atoms with Crippen LogP contribution >= 0.6 is 0 Å². The minimum atomic E-state index is -0.415. The number of hydrogen-bond donors (Lipinski definition) is 2. The van der Waals surface area contributed by atoms with Crippen molar-refractivity contribution in [3.8, 4) is 0 Å². The molecule has 2 unspecified atom stereocenters. The van der Waals surface area contributed by atoms with Crippen LogP contribution in [0.3, 0.4) is 0 Å². The van der Waals surface area contributed by atoms with Crippen molar-refractivity contribution in [2.45, 2.75) is 44.9 Å². The minimum Gasteiger partial charge on any atom is -0.377 e. The quantitative estimate of drug-likeness (QED) is 0.647. The van der Waals surface area contributed by atoms with Crippen LogP contribution in [-0.2, 0) is 14.3 Å². The van der Waals surface area contributed by atoms with E-state index in [1.807, 2.05) is 13.8 Å². The second-order valence-corrected chi connectivity index (χ2v) is 4.45. The Kier molecular flexibility index (Phi) is 5.73. The predicted molar refractivity (Wildman–Crippen MR) is 61.0 cm³/mol. The SMILES string of the molecule is CC(C)NC(COCC1CCCO1)C(N)=O. The van der Waals surface area contributed by atoms with Crippen LogP contribution in [0.4, 0.5) is 0 Å². The van der Waals surface area contributed by atoms with Crippen LogP contribution in [0.25, 0.3) is 0 Å². The van der Waals surface area contributed by atoms with E-state index in [0.717, 1.165) is 19.4 Å². The van der Waals surface area contributed by atoms with Gasteiger partial charge in [-0.2, -0.15) is 0 Å². The molecule has 5 nitrogen and oxygen atoms in total. The second kappa shape index (κ2) is 6.83. The molecule has 0 aliphatic carbocycles. The monoisotopic (exact) mass is 230 g/mol. The fourth-order valence-electron chi connectivity index (χ4n) is 1.71. The molecule has 0 radical (unpaired) electrons. The first-order valence-corrected chi connectivity index (χ1v) is 5.84. The highest BCUT2D eigenvalue weighted by Gasteiger charge is 2.19. The number of nitrogens with two attached hydrogens (primary N) is 1. The predicted octanol–water partition coefficient (Wildman–Crippen LogP) is 0.0339. The maximum absolute atomic E-state index is 11.1. The molecule has 1 fully saturated rings. The number of amides is 1. The van der Waals surface area contributed by atoms with E-state index in [2.05, 4.69) is 5.32 Å². The molecule has 0 spiro atoms. The molecule has 2 atom stereocenters. The van der Waals surface area contributed by atoms with E-state index in [-0.39, 0.29) is 18.1 Å². The van der Waals surface area contributed by atoms with Crippen molar-refractivity contribution in [3.05, 3.63) is 0 Å². The van der Waals surface area contributed by atoms with E-state index in [1.165, 1.54) is 0 Å². The van der Waals surface area contributed by atoms with Gasteiger partial charge in [-0.05, 0) is 12.8 Å². The van der Waals surface area contributed by atoms with Gasteiger partial charge in [0.1, 0.15) is 6.04 Å². The molecule has 1 saturated heterocycles. The lowest BCUT2D eigenvalue weighted by atomic mass is 10.2. The fourth-order valence-corrected chi connectivity index (χ4v) is 1.71. The zero-order valence-corrected chi connectivity index (χ0v) is 10.1. The number of primary amides is 1. The van der Waals surface area contributed by atoms with Gasteiger partial charge < -0.3 is 20.5 Å². The molecular weight excluding hydrogens is 208 g/mol. The van der Waals surface area contributed by atoms with Crippen molar-refractivity contribution in [2.75, 3.05) is 19.8 Å². The third-order valence-corrected chi connectivity index (χ3v) is 2.49. The summed E-state index contributed by atoms with van der Waals surface area (Å²) in [7, 11) is 0. The van der Waals surface area contributed by atoms with Gasteiger partial charge >= 0.3 is 0 Å². The van der Waals surface area contributed by atoms with Gasteiger partial charge in [0, 0.05) is 12.6 Å². The smallest absolute Gasteiger partial charge is 0.236 e. The Morgan fingerprint density at radius 2 is 2.38 bits per heavy atom. The Labute approximate surface area is 96.7 Å². The second-order valence-electron chi connectivity index (χ2n) is 4.45. The maximum Gasteiger partial charge on any atom is 0.236 e. The fraction of sp³-hybridized carbons (Fsp3) is 0.909. The normalized spacial score (nSPS) is 22.6. The molecule has 0 aromatic rings. The van der Waals surface area contributed by atoms with Crippen LogP contribution in [-0.4, -0.2) is 43.9 Å². The Balaban J connectivity index is 2.18. The molecule has 94 valence electrons. The summed E-state index contributed by atoms with van der Waals surface area (Å²) in [6, 6.07) is -0.203. The van der Waals surface area contributed by atoms with E-state index in [0.29, 0.717) is 13.2 Å². The lowest BCUT2D eigenvalue weighted by molar-refractivity contribution is -0.122. The molecule has 1 amide bonds. The number of ether oxygens (including phenoxy) is 2. The van der Waals surface area contributed by atoms with Gasteiger partial charge in [0.15, 0.2) is 0 Å². The summed E-state index contributed by atoms with van der Waals surface area (Å²) < 4.78 is 10.9. The highest BCUT2D eigenvalue weighted by molar-refractivity contribution is 5.80. The third kappa shape index (κ3) is 4.92. The number of nitrogens with one attached hydrogen (secondary N) is 1. The topological polar surface area (TPSA) is 73.6 Å². The maximum atomic E-state index is 11.1. The van der Waals surface area contributed by atoms with Crippen molar-refractivity contribution in [1.29, 1.82) is 0 Å². The van der Waals surface area contributed by atoms with Gasteiger partial charge in [0.25, 0.3) is 0 Å². The first-order chi connectivity index (χ1) is 7.59. The first kappa shape index (κ1) is 13.4. The average molecular weight is 230 g/mol. The number of carbonyl (C=O) groups excluding carboxylic acids is 1. The van der Waals surface area contributed by atoms with E-state index < -0.39 is 6.04 Å². The number of hydrogen-bond acceptors (Lipinski definition) is 4. The summed E-state index contributed by atoms with van der Waals surface area (Å²) in [6.07, 6.45) is 2.32. The Hall–Kier alpha value is -0.650. The summed E-state index contributed by atoms with van der Waals surface area (Å²) >= 11 is 0. The van der Waals surface area contributed by atoms with E-state index >= 15 is 0 Å². The van der Waals surface area contributed by atoms with Crippen LogP contribution in [0, 0.1) is 0 Å². The van der Waals surface area contributed by atoms with Crippen molar-refractivity contribution < 1.29 is 14.3 Å². The Morgan fingerprint density at radius 1 is 1.62 bits per heavy atom. The van der Waals surface area contributed by atoms with Crippen LogP contribution in [0.2, 0.25) is 0 Å². The average Bonchev–Trinajstić information content (AvgIpc) is 2.68.